The highest BCUT2D eigenvalue weighted by Crippen LogP contribution is 2.38. The van der Waals surface area contributed by atoms with E-state index >= 15 is 0 Å². The van der Waals surface area contributed by atoms with Crippen LogP contribution in [-0.2, 0) is 22.7 Å². The van der Waals surface area contributed by atoms with Crippen molar-refractivity contribution in [3.63, 3.8) is 0 Å². The van der Waals surface area contributed by atoms with E-state index in [-0.39, 0.29) is 5.91 Å². The zero-order chi connectivity index (χ0) is 21.8. The van der Waals surface area contributed by atoms with Crippen LogP contribution in [0.1, 0.15) is 18.3 Å². The van der Waals surface area contributed by atoms with Gasteiger partial charge in [-0.25, -0.2) is 9.97 Å². The van der Waals surface area contributed by atoms with E-state index in [0.29, 0.717) is 19.0 Å². The molecule has 2 aromatic heterocycles. The number of benzene rings is 2. The van der Waals surface area contributed by atoms with Gasteiger partial charge in [0, 0.05) is 44.3 Å². The van der Waals surface area contributed by atoms with Crippen LogP contribution < -0.4 is 5.32 Å². The summed E-state index contributed by atoms with van der Waals surface area (Å²) in [4.78, 5) is 23.6. The molecule has 6 nitrogen and oxygen atoms in total. The maximum Gasteiger partial charge on any atom is 0.219 e. The number of amides is 1. The summed E-state index contributed by atoms with van der Waals surface area (Å²) in [6, 6.07) is 18.3. The molecule has 0 aliphatic rings. The Hall–Kier alpha value is -3.29. The molecule has 0 aliphatic carbocycles. The molecule has 0 spiro atoms. The number of ether oxygens (including phenoxy) is 1. The Labute approximate surface area is 185 Å². The van der Waals surface area contributed by atoms with Crippen LogP contribution in [0.25, 0.3) is 21.3 Å². The summed E-state index contributed by atoms with van der Waals surface area (Å²) in [5, 5.41) is 6.59. The minimum atomic E-state index is 0.0332. The van der Waals surface area contributed by atoms with Crippen LogP contribution in [0.15, 0.2) is 60.0 Å². The zero-order valence-corrected chi connectivity index (χ0v) is 18.6. The molecule has 0 atom stereocenters. The molecule has 0 saturated heterocycles. The lowest BCUT2D eigenvalue weighted by molar-refractivity contribution is -0.128. The van der Waals surface area contributed by atoms with E-state index < -0.39 is 0 Å². The van der Waals surface area contributed by atoms with Crippen LogP contribution in [0.2, 0.25) is 0 Å². The second-order valence-corrected chi connectivity index (χ2v) is 8.18. The normalized spacial score (nSPS) is 10.9. The van der Waals surface area contributed by atoms with E-state index in [1.807, 2.05) is 42.5 Å². The number of thiophene rings is 1. The quantitative estimate of drug-likeness (QED) is 0.433. The molecule has 0 fully saturated rings. The summed E-state index contributed by atoms with van der Waals surface area (Å²) >= 11 is 1.60. The van der Waals surface area contributed by atoms with Crippen molar-refractivity contribution in [1.82, 2.24) is 14.9 Å². The van der Waals surface area contributed by atoms with E-state index in [1.165, 1.54) is 0 Å². The first-order chi connectivity index (χ1) is 15.0. The predicted molar refractivity (Wildman–Crippen MR) is 125 cm³/mol. The highest BCUT2D eigenvalue weighted by molar-refractivity contribution is 7.17. The Bertz CT molecular complexity index is 1210. The van der Waals surface area contributed by atoms with Gasteiger partial charge in [0.05, 0.1) is 5.39 Å². The Kier molecular flexibility index (Phi) is 6.25. The van der Waals surface area contributed by atoms with Gasteiger partial charge in [-0.05, 0) is 23.3 Å². The second-order valence-electron chi connectivity index (χ2n) is 7.32. The van der Waals surface area contributed by atoms with Crippen molar-refractivity contribution in [1.29, 1.82) is 0 Å². The number of nitrogens with one attached hydrogen (secondary N) is 1. The molecule has 158 valence electrons. The fourth-order valence-corrected chi connectivity index (χ4v) is 4.34. The molecule has 7 heteroatoms. The van der Waals surface area contributed by atoms with Crippen LogP contribution in [0, 0.1) is 0 Å². The number of fused-ring (bicyclic) bond motifs is 1. The van der Waals surface area contributed by atoms with Crippen molar-refractivity contribution >= 4 is 39.0 Å². The van der Waals surface area contributed by atoms with Crippen molar-refractivity contribution in [3.05, 3.63) is 71.4 Å². The van der Waals surface area contributed by atoms with Gasteiger partial charge < -0.3 is 15.0 Å². The molecule has 4 aromatic rings. The molecule has 0 radical (unpaired) electrons. The monoisotopic (exact) mass is 432 g/mol. The first-order valence-corrected chi connectivity index (χ1v) is 10.8. The minimum absolute atomic E-state index is 0.0332. The first-order valence-electron chi connectivity index (χ1n) is 9.95. The van der Waals surface area contributed by atoms with Gasteiger partial charge in [0.25, 0.3) is 0 Å². The van der Waals surface area contributed by atoms with Crippen molar-refractivity contribution < 1.29 is 9.53 Å². The number of anilines is 2. The summed E-state index contributed by atoms with van der Waals surface area (Å²) in [5.74, 6) is 1.41. The SMILES string of the molecule is COCc1nc(Nc2cccc(CN(C)C(C)=O)c2)c2c(-c3ccccc3)csc2n1. The van der Waals surface area contributed by atoms with Crippen LogP contribution >= 0.6 is 11.3 Å². The number of methoxy groups -OCH3 is 1. The standard InChI is InChI=1S/C24H24N4O2S/c1-16(29)28(2)13-17-8-7-11-19(12-17)25-23-22-20(18-9-5-4-6-10-18)15-31-24(22)27-21(26-23)14-30-3/h4-12,15H,13-14H2,1-3H3,(H,25,26,27). The fraction of sp³-hybridized carbons (Fsp3) is 0.208. The third-order valence-corrected chi connectivity index (χ3v) is 5.86. The van der Waals surface area contributed by atoms with Gasteiger partial charge in [-0.1, -0.05) is 42.5 Å². The van der Waals surface area contributed by atoms with Gasteiger partial charge in [-0.15, -0.1) is 11.3 Å². The van der Waals surface area contributed by atoms with E-state index in [0.717, 1.165) is 38.4 Å². The van der Waals surface area contributed by atoms with Gasteiger partial charge in [-0.2, -0.15) is 0 Å². The van der Waals surface area contributed by atoms with Crippen LogP contribution in [-0.4, -0.2) is 34.9 Å². The molecular weight excluding hydrogens is 408 g/mol. The van der Waals surface area contributed by atoms with Crippen molar-refractivity contribution in [2.75, 3.05) is 19.5 Å². The number of rotatable bonds is 7. The van der Waals surface area contributed by atoms with Crippen LogP contribution in [0.5, 0.6) is 0 Å². The Morgan fingerprint density at radius 1 is 1.13 bits per heavy atom. The summed E-state index contributed by atoms with van der Waals surface area (Å²) in [6.07, 6.45) is 0. The average Bonchev–Trinajstić information content (AvgIpc) is 3.19. The molecule has 0 aliphatic heterocycles. The van der Waals surface area contributed by atoms with Gasteiger partial charge >= 0.3 is 0 Å². The number of carbonyl (C=O) groups excluding carboxylic acids is 1. The Morgan fingerprint density at radius 3 is 2.68 bits per heavy atom. The number of hydrogen-bond acceptors (Lipinski definition) is 6. The molecule has 31 heavy (non-hydrogen) atoms. The average molecular weight is 433 g/mol. The third-order valence-electron chi connectivity index (χ3n) is 4.99. The third kappa shape index (κ3) is 4.73. The summed E-state index contributed by atoms with van der Waals surface area (Å²) < 4.78 is 5.27. The minimum Gasteiger partial charge on any atom is -0.377 e. The highest BCUT2D eigenvalue weighted by atomic mass is 32.1. The smallest absolute Gasteiger partial charge is 0.219 e. The zero-order valence-electron chi connectivity index (χ0n) is 17.8. The first kappa shape index (κ1) is 21.0. The molecule has 2 heterocycles. The molecule has 0 saturated carbocycles. The maximum atomic E-state index is 11.6. The number of nitrogens with zero attached hydrogens (tertiary/aromatic N) is 3. The van der Waals surface area contributed by atoms with Crippen LogP contribution in [0.4, 0.5) is 11.5 Å². The number of hydrogen-bond donors (Lipinski definition) is 1. The Balaban J connectivity index is 1.75. The lowest BCUT2D eigenvalue weighted by Gasteiger charge is -2.16. The molecule has 4 rings (SSSR count). The lowest BCUT2D eigenvalue weighted by Crippen LogP contribution is -2.22. The maximum absolute atomic E-state index is 11.6. The lowest BCUT2D eigenvalue weighted by atomic mass is 10.1. The van der Waals surface area contributed by atoms with Gasteiger partial charge in [0.15, 0.2) is 5.82 Å². The van der Waals surface area contributed by atoms with E-state index in [1.54, 1.807) is 37.3 Å². The summed E-state index contributed by atoms with van der Waals surface area (Å²) in [5.41, 5.74) is 4.16. The highest BCUT2D eigenvalue weighted by Gasteiger charge is 2.16. The second kappa shape index (κ2) is 9.24. The molecule has 2 aromatic carbocycles. The van der Waals surface area contributed by atoms with Crippen LogP contribution in [0.3, 0.4) is 0 Å². The summed E-state index contributed by atoms with van der Waals surface area (Å²) in [7, 11) is 3.43. The molecule has 1 N–H and O–H groups in total. The van der Waals surface area contributed by atoms with Crippen molar-refractivity contribution in [2.45, 2.75) is 20.1 Å². The fourth-order valence-electron chi connectivity index (χ4n) is 3.37. The van der Waals surface area contributed by atoms with E-state index in [2.05, 4.69) is 27.8 Å². The van der Waals surface area contributed by atoms with Gasteiger partial charge in [0.2, 0.25) is 5.91 Å². The molecular formula is C24H24N4O2S. The Morgan fingerprint density at radius 2 is 1.94 bits per heavy atom. The topological polar surface area (TPSA) is 67.3 Å². The van der Waals surface area contributed by atoms with Gasteiger partial charge in [0.1, 0.15) is 17.3 Å². The predicted octanol–water partition coefficient (Wildman–Crippen LogP) is 5.23. The summed E-state index contributed by atoms with van der Waals surface area (Å²) in [6.45, 7) is 2.46. The molecule has 0 bridgehead atoms. The van der Waals surface area contributed by atoms with E-state index in [9.17, 15) is 4.79 Å². The number of carbonyl (C=O) groups is 1. The number of aromatic nitrogens is 2. The van der Waals surface area contributed by atoms with Gasteiger partial charge in [-0.3, -0.25) is 4.79 Å². The molecule has 0 unspecified atom stereocenters. The van der Waals surface area contributed by atoms with E-state index in [4.69, 9.17) is 9.72 Å². The van der Waals surface area contributed by atoms with Crippen molar-refractivity contribution in [2.24, 2.45) is 0 Å². The largest absolute Gasteiger partial charge is 0.377 e. The van der Waals surface area contributed by atoms with Crippen molar-refractivity contribution in [3.8, 4) is 11.1 Å². The molecule has 1 amide bonds.